The summed E-state index contributed by atoms with van der Waals surface area (Å²) in [6.45, 7) is 6.15. The third kappa shape index (κ3) is 4.07. The summed E-state index contributed by atoms with van der Waals surface area (Å²) in [5.74, 6) is -1.07. The summed E-state index contributed by atoms with van der Waals surface area (Å²) in [6, 6.07) is 2.71. The molecule has 1 N–H and O–H groups in total. The summed E-state index contributed by atoms with van der Waals surface area (Å²) in [6.07, 6.45) is 1.79. The number of ether oxygens (including phenoxy) is 1. The zero-order valence-corrected chi connectivity index (χ0v) is 12.4. The van der Waals surface area contributed by atoms with Gasteiger partial charge in [-0.15, -0.1) is 0 Å². The number of carbonyl (C=O) groups excluding carboxylic acids is 1. The van der Waals surface area contributed by atoms with E-state index in [9.17, 15) is 9.59 Å². The van der Waals surface area contributed by atoms with E-state index in [1.165, 1.54) is 12.1 Å². The number of hydrogen-bond donors (Lipinski definition) is 1. The summed E-state index contributed by atoms with van der Waals surface area (Å²) < 4.78 is 10.8. The third-order valence-corrected chi connectivity index (χ3v) is 3.42. The molecule has 1 aliphatic heterocycles. The van der Waals surface area contributed by atoms with Crippen molar-refractivity contribution in [2.24, 2.45) is 5.92 Å². The van der Waals surface area contributed by atoms with Crippen molar-refractivity contribution in [2.75, 3.05) is 19.7 Å². The van der Waals surface area contributed by atoms with E-state index in [0.717, 1.165) is 19.4 Å². The molecule has 1 saturated heterocycles. The highest BCUT2D eigenvalue weighted by Crippen LogP contribution is 2.18. The Morgan fingerprint density at radius 2 is 1.95 bits per heavy atom. The van der Waals surface area contributed by atoms with Crippen LogP contribution in [0, 0.1) is 5.92 Å². The van der Waals surface area contributed by atoms with E-state index < -0.39 is 5.97 Å². The van der Waals surface area contributed by atoms with Crippen molar-refractivity contribution in [2.45, 2.75) is 32.8 Å². The predicted molar refractivity (Wildman–Crippen MR) is 75.4 cm³/mol. The molecular formula is C15H21NO5. The summed E-state index contributed by atoms with van der Waals surface area (Å²) in [4.78, 5) is 24.6. The normalized spacial score (nSPS) is 16.4. The molecule has 6 nitrogen and oxygen atoms in total. The van der Waals surface area contributed by atoms with Gasteiger partial charge in [0.2, 0.25) is 5.76 Å². The fraction of sp³-hybridized carbons (Fsp3) is 0.600. The molecule has 6 heteroatoms. The first-order valence-corrected chi connectivity index (χ1v) is 7.21. The maximum absolute atomic E-state index is 12.2. The van der Waals surface area contributed by atoms with Gasteiger partial charge in [0.05, 0.1) is 6.10 Å². The Morgan fingerprint density at radius 3 is 2.48 bits per heavy atom. The van der Waals surface area contributed by atoms with Crippen molar-refractivity contribution in [1.29, 1.82) is 0 Å². The number of furan rings is 1. The average molecular weight is 295 g/mol. The maximum atomic E-state index is 12.2. The van der Waals surface area contributed by atoms with Crippen LogP contribution in [0.15, 0.2) is 16.5 Å². The molecule has 0 saturated carbocycles. The van der Waals surface area contributed by atoms with Gasteiger partial charge in [0, 0.05) is 19.7 Å². The van der Waals surface area contributed by atoms with E-state index in [1.807, 2.05) is 0 Å². The lowest BCUT2D eigenvalue weighted by Gasteiger charge is -2.31. The number of likely N-dealkylation sites (tertiary alicyclic amines) is 1. The molecule has 0 radical (unpaired) electrons. The number of carboxylic acid groups (broad SMARTS) is 1. The molecule has 21 heavy (non-hydrogen) atoms. The van der Waals surface area contributed by atoms with E-state index >= 15 is 0 Å². The molecular weight excluding hydrogens is 274 g/mol. The number of piperidine rings is 1. The summed E-state index contributed by atoms with van der Waals surface area (Å²) in [5, 5.41) is 8.79. The van der Waals surface area contributed by atoms with Crippen LogP contribution >= 0.6 is 0 Å². The minimum Gasteiger partial charge on any atom is -0.475 e. The van der Waals surface area contributed by atoms with E-state index in [1.54, 1.807) is 4.90 Å². The largest absolute Gasteiger partial charge is 0.475 e. The van der Waals surface area contributed by atoms with E-state index in [2.05, 4.69) is 13.8 Å². The van der Waals surface area contributed by atoms with E-state index in [4.69, 9.17) is 14.3 Å². The molecule has 116 valence electrons. The van der Waals surface area contributed by atoms with Crippen LogP contribution in [-0.4, -0.2) is 47.7 Å². The standard InChI is InChI=1S/C15H21NO5/c1-10(2)9-20-11-5-7-16(8-6-11)14(17)12-3-4-13(21-12)15(18)19/h3-4,10-11H,5-9H2,1-2H3,(H,18,19). The maximum Gasteiger partial charge on any atom is 0.371 e. The Kier molecular flexibility index (Phi) is 5.01. The highest BCUT2D eigenvalue weighted by Gasteiger charge is 2.26. The van der Waals surface area contributed by atoms with Crippen molar-refractivity contribution in [3.8, 4) is 0 Å². The first-order valence-electron chi connectivity index (χ1n) is 7.21. The first-order chi connectivity index (χ1) is 9.97. The van der Waals surface area contributed by atoms with Crippen LogP contribution in [0.4, 0.5) is 0 Å². The Balaban J connectivity index is 1.86. The minimum absolute atomic E-state index is 0.0777. The molecule has 2 heterocycles. The first kappa shape index (κ1) is 15.6. The highest BCUT2D eigenvalue weighted by molar-refractivity contribution is 5.93. The molecule has 1 aromatic rings. The molecule has 0 spiro atoms. The molecule has 1 fully saturated rings. The van der Waals surface area contributed by atoms with Gasteiger partial charge in [0.15, 0.2) is 5.76 Å². The number of hydrogen-bond acceptors (Lipinski definition) is 4. The zero-order chi connectivity index (χ0) is 15.4. The van der Waals surface area contributed by atoms with Crippen LogP contribution in [0.1, 0.15) is 47.8 Å². The lowest BCUT2D eigenvalue weighted by Crippen LogP contribution is -2.41. The highest BCUT2D eigenvalue weighted by atomic mass is 16.5. The molecule has 0 aliphatic carbocycles. The number of rotatable bonds is 5. The fourth-order valence-electron chi connectivity index (χ4n) is 2.28. The number of nitrogens with zero attached hydrogens (tertiary/aromatic N) is 1. The second-order valence-electron chi connectivity index (χ2n) is 5.69. The molecule has 1 aliphatic rings. The second kappa shape index (κ2) is 6.76. The van der Waals surface area contributed by atoms with Crippen molar-refractivity contribution >= 4 is 11.9 Å². The van der Waals surface area contributed by atoms with Crippen LogP contribution in [0.25, 0.3) is 0 Å². The number of carboxylic acids is 1. The molecule has 2 rings (SSSR count). The number of carbonyl (C=O) groups is 2. The van der Waals surface area contributed by atoms with Gasteiger partial charge in [-0.05, 0) is 30.9 Å². The van der Waals surface area contributed by atoms with Crippen LogP contribution in [0.2, 0.25) is 0 Å². The lowest BCUT2D eigenvalue weighted by atomic mass is 10.1. The monoisotopic (exact) mass is 295 g/mol. The zero-order valence-electron chi connectivity index (χ0n) is 12.4. The summed E-state index contributed by atoms with van der Waals surface area (Å²) in [7, 11) is 0. The van der Waals surface area contributed by atoms with Crippen molar-refractivity contribution in [3.05, 3.63) is 23.7 Å². The Morgan fingerprint density at radius 1 is 1.33 bits per heavy atom. The van der Waals surface area contributed by atoms with Gasteiger partial charge in [-0.3, -0.25) is 4.79 Å². The quantitative estimate of drug-likeness (QED) is 0.901. The molecule has 0 atom stereocenters. The van der Waals surface area contributed by atoms with Gasteiger partial charge in [-0.2, -0.15) is 0 Å². The van der Waals surface area contributed by atoms with Crippen molar-refractivity contribution in [1.82, 2.24) is 4.90 Å². The molecule has 1 amide bonds. The van der Waals surface area contributed by atoms with Crippen LogP contribution < -0.4 is 0 Å². The number of amides is 1. The third-order valence-electron chi connectivity index (χ3n) is 3.42. The van der Waals surface area contributed by atoms with Gasteiger partial charge in [-0.1, -0.05) is 13.8 Å². The summed E-state index contributed by atoms with van der Waals surface area (Å²) in [5.41, 5.74) is 0. The number of aromatic carboxylic acids is 1. The predicted octanol–water partition coefficient (Wildman–Crippen LogP) is 2.26. The average Bonchev–Trinajstić information content (AvgIpc) is 2.95. The van der Waals surface area contributed by atoms with Gasteiger partial charge in [0.25, 0.3) is 5.91 Å². The Bertz CT molecular complexity index is 500. The smallest absolute Gasteiger partial charge is 0.371 e. The van der Waals surface area contributed by atoms with Crippen LogP contribution in [0.3, 0.4) is 0 Å². The second-order valence-corrected chi connectivity index (χ2v) is 5.69. The molecule has 0 bridgehead atoms. The van der Waals surface area contributed by atoms with Crippen LogP contribution in [-0.2, 0) is 4.74 Å². The molecule has 0 unspecified atom stereocenters. The molecule has 0 aromatic carbocycles. The fourth-order valence-corrected chi connectivity index (χ4v) is 2.28. The van der Waals surface area contributed by atoms with Gasteiger partial charge >= 0.3 is 5.97 Å². The van der Waals surface area contributed by atoms with E-state index in [-0.39, 0.29) is 23.5 Å². The Hall–Kier alpha value is -1.82. The van der Waals surface area contributed by atoms with Crippen molar-refractivity contribution in [3.63, 3.8) is 0 Å². The summed E-state index contributed by atoms with van der Waals surface area (Å²) >= 11 is 0. The van der Waals surface area contributed by atoms with Gasteiger partial charge < -0.3 is 19.2 Å². The van der Waals surface area contributed by atoms with Gasteiger partial charge in [-0.25, -0.2) is 4.79 Å². The van der Waals surface area contributed by atoms with E-state index in [0.29, 0.717) is 19.0 Å². The van der Waals surface area contributed by atoms with Gasteiger partial charge in [0.1, 0.15) is 0 Å². The lowest BCUT2D eigenvalue weighted by molar-refractivity contribution is -0.00294. The topological polar surface area (TPSA) is 80.0 Å². The Labute approximate surface area is 123 Å². The minimum atomic E-state index is -1.17. The van der Waals surface area contributed by atoms with Crippen LogP contribution in [0.5, 0.6) is 0 Å². The van der Waals surface area contributed by atoms with Crippen molar-refractivity contribution < 1.29 is 23.8 Å². The molecule has 1 aromatic heterocycles. The SMILES string of the molecule is CC(C)COC1CCN(C(=O)c2ccc(C(=O)O)o2)CC1.